The molecule has 90 valence electrons. The molecule has 1 rings (SSSR count). The van der Waals surface area contributed by atoms with E-state index in [0.717, 1.165) is 0 Å². The van der Waals surface area contributed by atoms with Crippen LogP contribution in [0.3, 0.4) is 0 Å². The zero-order valence-corrected chi connectivity index (χ0v) is 11.3. The maximum Gasteiger partial charge on any atom is 0.000771 e. The summed E-state index contributed by atoms with van der Waals surface area (Å²) in [6.07, 6.45) is 8.53. The Kier molecular flexibility index (Phi) is 6.74. The predicted molar refractivity (Wildman–Crippen MR) is 71.7 cm³/mol. The normalized spacial score (nSPS) is 19.6. The quantitative estimate of drug-likeness (QED) is 0.637. The van der Waals surface area contributed by atoms with E-state index in [4.69, 9.17) is 0 Å². The van der Waals surface area contributed by atoms with Gasteiger partial charge in [0.25, 0.3) is 0 Å². The third-order valence-corrected chi connectivity index (χ3v) is 4.75. The lowest BCUT2D eigenvalue weighted by Gasteiger charge is -2.27. The lowest BCUT2D eigenvalue weighted by molar-refractivity contribution is 0.269. The Morgan fingerprint density at radius 3 is 2.53 bits per heavy atom. The molecule has 0 atom stereocenters. The first-order valence-electron chi connectivity index (χ1n) is 6.61. The maximum atomic E-state index is 3.66. The minimum Gasteiger partial charge on any atom is -0.316 e. The SMILES string of the molecule is CCSCCCNCC1(CC)CCCC1. The van der Waals surface area contributed by atoms with Gasteiger partial charge in [-0.2, -0.15) is 11.8 Å². The van der Waals surface area contributed by atoms with Crippen molar-refractivity contribution in [3.8, 4) is 0 Å². The van der Waals surface area contributed by atoms with Gasteiger partial charge in [-0.05, 0) is 49.1 Å². The van der Waals surface area contributed by atoms with Crippen molar-refractivity contribution in [3.05, 3.63) is 0 Å². The second-order valence-corrected chi connectivity index (χ2v) is 6.18. The third-order valence-electron chi connectivity index (χ3n) is 3.76. The summed E-state index contributed by atoms with van der Waals surface area (Å²) in [5.41, 5.74) is 0.665. The van der Waals surface area contributed by atoms with Crippen LogP contribution in [0.15, 0.2) is 0 Å². The molecule has 0 aliphatic heterocycles. The van der Waals surface area contributed by atoms with E-state index in [9.17, 15) is 0 Å². The molecule has 1 nitrogen and oxygen atoms in total. The lowest BCUT2D eigenvalue weighted by Crippen LogP contribution is -2.32. The lowest BCUT2D eigenvalue weighted by atomic mass is 9.83. The van der Waals surface area contributed by atoms with Crippen molar-refractivity contribution >= 4 is 11.8 Å². The Hall–Kier alpha value is 0.310. The molecule has 1 fully saturated rings. The highest BCUT2D eigenvalue weighted by atomic mass is 32.2. The Morgan fingerprint density at radius 1 is 1.20 bits per heavy atom. The topological polar surface area (TPSA) is 12.0 Å². The van der Waals surface area contributed by atoms with Gasteiger partial charge >= 0.3 is 0 Å². The van der Waals surface area contributed by atoms with E-state index in [2.05, 4.69) is 30.9 Å². The smallest absolute Gasteiger partial charge is 0.000771 e. The van der Waals surface area contributed by atoms with Crippen molar-refractivity contribution in [2.24, 2.45) is 5.41 Å². The average molecular weight is 229 g/mol. The molecule has 0 bridgehead atoms. The first-order valence-corrected chi connectivity index (χ1v) is 7.77. The van der Waals surface area contributed by atoms with Crippen LogP contribution in [-0.2, 0) is 0 Å². The Balaban J connectivity index is 2.02. The summed E-state index contributed by atoms with van der Waals surface area (Å²) < 4.78 is 0. The second-order valence-electron chi connectivity index (χ2n) is 4.79. The number of hydrogen-bond acceptors (Lipinski definition) is 2. The summed E-state index contributed by atoms with van der Waals surface area (Å²) >= 11 is 2.06. The van der Waals surface area contributed by atoms with Gasteiger partial charge in [0, 0.05) is 6.54 Å². The van der Waals surface area contributed by atoms with Crippen LogP contribution in [0.4, 0.5) is 0 Å². The van der Waals surface area contributed by atoms with E-state index >= 15 is 0 Å². The van der Waals surface area contributed by atoms with E-state index in [-0.39, 0.29) is 0 Å². The molecule has 0 radical (unpaired) electrons. The zero-order valence-electron chi connectivity index (χ0n) is 10.5. The first-order chi connectivity index (χ1) is 7.33. The molecule has 0 spiro atoms. The summed E-state index contributed by atoms with van der Waals surface area (Å²) in [4.78, 5) is 0. The molecule has 0 aromatic rings. The highest BCUT2D eigenvalue weighted by Crippen LogP contribution is 2.40. The van der Waals surface area contributed by atoms with Crippen molar-refractivity contribution in [1.82, 2.24) is 5.32 Å². The number of thioether (sulfide) groups is 1. The van der Waals surface area contributed by atoms with Crippen molar-refractivity contribution in [2.45, 2.75) is 52.4 Å². The molecule has 0 aromatic carbocycles. The monoisotopic (exact) mass is 229 g/mol. The van der Waals surface area contributed by atoms with Crippen molar-refractivity contribution in [2.75, 3.05) is 24.6 Å². The van der Waals surface area contributed by atoms with E-state index in [1.165, 1.54) is 63.1 Å². The third kappa shape index (κ3) is 4.78. The van der Waals surface area contributed by atoms with Crippen LogP contribution in [0.25, 0.3) is 0 Å². The molecule has 1 aliphatic carbocycles. The minimum atomic E-state index is 0.665. The van der Waals surface area contributed by atoms with Gasteiger partial charge in [0.15, 0.2) is 0 Å². The van der Waals surface area contributed by atoms with Crippen LogP contribution >= 0.6 is 11.8 Å². The van der Waals surface area contributed by atoms with Gasteiger partial charge in [-0.25, -0.2) is 0 Å². The van der Waals surface area contributed by atoms with E-state index in [1.807, 2.05) is 0 Å². The molecule has 2 heteroatoms. The molecule has 1 aliphatic rings. The number of rotatable bonds is 8. The number of hydrogen-bond donors (Lipinski definition) is 1. The van der Waals surface area contributed by atoms with Gasteiger partial charge in [0.2, 0.25) is 0 Å². The molecule has 0 unspecified atom stereocenters. The average Bonchev–Trinajstić information content (AvgIpc) is 2.73. The Bertz CT molecular complexity index is 153. The highest BCUT2D eigenvalue weighted by molar-refractivity contribution is 7.99. The van der Waals surface area contributed by atoms with Crippen molar-refractivity contribution < 1.29 is 0 Å². The van der Waals surface area contributed by atoms with Crippen molar-refractivity contribution in [1.29, 1.82) is 0 Å². The van der Waals surface area contributed by atoms with E-state index in [1.54, 1.807) is 0 Å². The summed E-state index contributed by atoms with van der Waals surface area (Å²) in [6.45, 7) is 7.08. The molecular weight excluding hydrogens is 202 g/mol. The zero-order chi connectivity index (χ0) is 11.0. The van der Waals surface area contributed by atoms with Crippen LogP contribution < -0.4 is 5.32 Å². The molecular formula is C13H27NS. The minimum absolute atomic E-state index is 0.665. The largest absolute Gasteiger partial charge is 0.316 e. The summed E-state index contributed by atoms with van der Waals surface area (Å²) in [5.74, 6) is 2.58. The van der Waals surface area contributed by atoms with Crippen LogP contribution in [0.2, 0.25) is 0 Å². The Labute approximate surface area is 99.8 Å². The van der Waals surface area contributed by atoms with E-state index < -0.39 is 0 Å². The molecule has 0 saturated heterocycles. The molecule has 15 heavy (non-hydrogen) atoms. The molecule has 0 heterocycles. The number of nitrogens with one attached hydrogen (secondary N) is 1. The first kappa shape index (κ1) is 13.4. The standard InChI is InChI=1S/C13H27NS/c1-3-13(8-5-6-9-13)12-14-10-7-11-15-4-2/h14H,3-12H2,1-2H3. The van der Waals surface area contributed by atoms with E-state index in [0.29, 0.717) is 5.41 Å². The summed E-state index contributed by atoms with van der Waals surface area (Å²) in [7, 11) is 0. The van der Waals surface area contributed by atoms with Crippen LogP contribution in [0.1, 0.15) is 52.4 Å². The molecule has 1 saturated carbocycles. The molecule has 0 aromatic heterocycles. The van der Waals surface area contributed by atoms with Gasteiger partial charge in [-0.3, -0.25) is 0 Å². The van der Waals surface area contributed by atoms with Gasteiger partial charge in [-0.1, -0.05) is 26.7 Å². The fourth-order valence-corrected chi connectivity index (χ4v) is 3.21. The second kappa shape index (κ2) is 7.56. The van der Waals surface area contributed by atoms with Crippen LogP contribution in [-0.4, -0.2) is 24.6 Å². The van der Waals surface area contributed by atoms with Gasteiger partial charge in [0.05, 0.1) is 0 Å². The summed E-state index contributed by atoms with van der Waals surface area (Å²) in [5, 5.41) is 3.66. The van der Waals surface area contributed by atoms with Gasteiger partial charge in [0.1, 0.15) is 0 Å². The highest BCUT2D eigenvalue weighted by Gasteiger charge is 2.31. The van der Waals surface area contributed by atoms with Gasteiger partial charge < -0.3 is 5.32 Å². The van der Waals surface area contributed by atoms with Crippen molar-refractivity contribution in [3.63, 3.8) is 0 Å². The molecule has 1 N–H and O–H groups in total. The fraction of sp³-hybridized carbons (Fsp3) is 1.00. The Morgan fingerprint density at radius 2 is 1.93 bits per heavy atom. The maximum absolute atomic E-state index is 3.66. The molecule has 0 amide bonds. The predicted octanol–water partition coefficient (Wildman–Crippen LogP) is 3.69. The van der Waals surface area contributed by atoms with Gasteiger partial charge in [-0.15, -0.1) is 0 Å². The van der Waals surface area contributed by atoms with Crippen LogP contribution in [0, 0.1) is 5.41 Å². The fourth-order valence-electron chi connectivity index (χ4n) is 2.58. The summed E-state index contributed by atoms with van der Waals surface area (Å²) in [6, 6.07) is 0. The van der Waals surface area contributed by atoms with Crippen LogP contribution in [0.5, 0.6) is 0 Å².